The van der Waals surface area contributed by atoms with Crippen molar-refractivity contribution in [1.29, 1.82) is 0 Å². The molecule has 0 spiro atoms. The van der Waals surface area contributed by atoms with Gasteiger partial charge in [-0.1, -0.05) is 17.6 Å². The molecule has 0 saturated carbocycles. The van der Waals surface area contributed by atoms with Crippen LogP contribution in [0, 0.1) is 0 Å². The number of nitrogens with zero attached hydrogens (tertiary/aromatic N) is 1. The van der Waals surface area contributed by atoms with Crippen LogP contribution in [0.1, 0.15) is 0 Å². The predicted octanol–water partition coefficient (Wildman–Crippen LogP) is -1.11. The number of para-hydroxylation sites is 1. The average Bonchev–Trinajstić information content (AvgIpc) is 2.48. The zero-order chi connectivity index (χ0) is 9.47. The summed E-state index contributed by atoms with van der Waals surface area (Å²) in [5, 5.41) is 0. The van der Waals surface area contributed by atoms with Crippen LogP contribution in [0.5, 0.6) is 0 Å². The van der Waals surface area contributed by atoms with Gasteiger partial charge < -0.3 is 17.4 Å². The van der Waals surface area contributed by atoms with Crippen molar-refractivity contribution in [3.63, 3.8) is 0 Å². The number of rotatable bonds is 1. The average molecular weight is 225 g/mol. The van der Waals surface area contributed by atoms with E-state index in [1.807, 2.05) is 0 Å². The number of oxazole rings is 1. The SMILES string of the molecule is F[B-](F)(F)c1cccc2ncoc12.[K+]. The molecule has 0 radical (unpaired) electrons. The van der Waals surface area contributed by atoms with Crippen LogP contribution in [-0.4, -0.2) is 12.0 Å². The third kappa shape index (κ3) is 2.22. The van der Waals surface area contributed by atoms with E-state index in [2.05, 4.69) is 9.40 Å². The molecule has 0 aliphatic carbocycles. The first-order valence-electron chi connectivity index (χ1n) is 3.61. The van der Waals surface area contributed by atoms with Crippen molar-refractivity contribution < 1.29 is 68.7 Å². The molecule has 0 amide bonds. The van der Waals surface area contributed by atoms with Gasteiger partial charge in [0.1, 0.15) is 11.1 Å². The normalized spacial score (nSPS) is 11.4. The molecule has 1 aromatic carbocycles. The Morgan fingerprint density at radius 2 is 1.93 bits per heavy atom. The van der Waals surface area contributed by atoms with Crippen molar-refractivity contribution in [2.75, 3.05) is 0 Å². The standard InChI is InChI=1S/C7H4BF3NO.K/c9-8(10,11)5-2-1-3-6-7(5)13-4-12-6;/h1-4H;/q-1;+1. The van der Waals surface area contributed by atoms with Crippen LogP contribution < -0.4 is 56.8 Å². The molecular formula is C7H4BF3KNO. The Kier molecular flexibility index (Phi) is 3.82. The smallest absolute Gasteiger partial charge is 0.446 e. The van der Waals surface area contributed by atoms with Crippen molar-refractivity contribution >= 4 is 23.5 Å². The number of benzene rings is 1. The summed E-state index contributed by atoms with van der Waals surface area (Å²) < 4.78 is 41.8. The number of fused-ring (bicyclic) bond motifs is 1. The molecule has 2 rings (SSSR count). The van der Waals surface area contributed by atoms with Gasteiger partial charge in [-0.15, -0.1) is 0 Å². The van der Waals surface area contributed by atoms with Crippen LogP contribution in [0.2, 0.25) is 0 Å². The van der Waals surface area contributed by atoms with Gasteiger partial charge in [-0.25, -0.2) is 4.98 Å². The van der Waals surface area contributed by atoms with Crippen LogP contribution in [0.15, 0.2) is 29.0 Å². The van der Waals surface area contributed by atoms with Crippen molar-refractivity contribution in [3.05, 3.63) is 24.6 Å². The molecule has 0 bridgehead atoms. The molecule has 0 saturated heterocycles. The van der Waals surface area contributed by atoms with E-state index >= 15 is 0 Å². The minimum absolute atomic E-state index is 0. The molecule has 2 aromatic rings. The number of aromatic nitrogens is 1. The quantitative estimate of drug-likeness (QED) is 0.575. The van der Waals surface area contributed by atoms with E-state index in [0.29, 0.717) is 0 Å². The van der Waals surface area contributed by atoms with E-state index in [0.717, 1.165) is 12.5 Å². The van der Waals surface area contributed by atoms with Crippen molar-refractivity contribution in [3.8, 4) is 0 Å². The van der Waals surface area contributed by atoms with E-state index < -0.39 is 12.4 Å². The summed E-state index contributed by atoms with van der Waals surface area (Å²) in [6, 6.07) is 3.78. The summed E-state index contributed by atoms with van der Waals surface area (Å²) >= 11 is 0. The minimum atomic E-state index is -5.02. The maximum Gasteiger partial charge on any atom is 1.00 e. The third-order valence-corrected chi connectivity index (χ3v) is 1.74. The Hall–Kier alpha value is 0.181. The molecule has 0 atom stereocenters. The van der Waals surface area contributed by atoms with E-state index in [1.165, 1.54) is 12.1 Å². The molecule has 1 heterocycles. The fraction of sp³-hybridized carbons (Fsp3) is 0. The molecule has 0 N–H and O–H groups in total. The summed E-state index contributed by atoms with van der Waals surface area (Å²) in [6.45, 7) is -5.02. The molecule has 0 aliphatic heterocycles. The van der Waals surface area contributed by atoms with Crippen LogP contribution in [0.4, 0.5) is 12.9 Å². The molecule has 14 heavy (non-hydrogen) atoms. The second kappa shape index (κ2) is 4.36. The fourth-order valence-electron chi connectivity index (χ4n) is 1.17. The monoisotopic (exact) mass is 225 g/mol. The first-order valence-corrected chi connectivity index (χ1v) is 3.61. The zero-order valence-corrected chi connectivity index (χ0v) is 10.5. The summed E-state index contributed by atoms with van der Waals surface area (Å²) in [7, 11) is 0. The maximum absolute atomic E-state index is 12.4. The van der Waals surface area contributed by atoms with Crippen LogP contribution in [0.25, 0.3) is 11.1 Å². The molecule has 0 aliphatic rings. The van der Waals surface area contributed by atoms with Gasteiger partial charge in [0.2, 0.25) is 0 Å². The second-order valence-corrected chi connectivity index (χ2v) is 2.62. The largest absolute Gasteiger partial charge is 1.00 e. The van der Waals surface area contributed by atoms with Gasteiger partial charge in [-0.3, -0.25) is 0 Å². The Labute approximate surface area is 120 Å². The van der Waals surface area contributed by atoms with E-state index in [4.69, 9.17) is 0 Å². The third-order valence-electron chi connectivity index (χ3n) is 1.74. The molecular weight excluding hydrogens is 221 g/mol. The van der Waals surface area contributed by atoms with Crippen molar-refractivity contribution in [1.82, 2.24) is 4.98 Å². The molecule has 0 fully saturated rings. The summed E-state index contributed by atoms with van der Waals surface area (Å²) in [4.78, 5) is 3.64. The zero-order valence-electron chi connectivity index (χ0n) is 7.38. The van der Waals surface area contributed by atoms with Crippen molar-refractivity contribution in [2.45, 2.75) is 0 Å². The Morgan fingerprint density at radius 1 is 1.21 bits per heavy atom. The predicted molar refractivity (Wildman–Crippen MR) is 42.7 cm³/mol. The summed E-state index contributed by atoms with van der Waals surface area (Å²) in [6.07, 6.45) is 1.01. The van der Waals surface area contributed by atoms with Gasteiger partial charge >= 0.3 is 58.4 Å². The van der Waals surface area contributed by atoms with E-state index in [9.17, 15) is 12.9 Å². The van der Waals surface area contributed by atoms with Gasteiger partial charge in [0.05, 0.1) is 0 Å². The van der Waals surface area contributed by atoms with Crippen LogP contribution in [0.3, 0.4) is 0 Å². The summed E-state index contributed by atoms with van der Waals surface area (Å²) in [5.41, 5.74) is -0.679. The Balaban J connectivity index is 0.000000980. The summed E-state index contributed by atoms with van der Waals surface area (Å²) in [5.74, 6) is 0. The molecule has 68 valence electrons. The number of hydrogen-bond donors (Lipinski definition) is 0. The fourth-order valence-corrected chi connectivity index (χ4v) is 1.17. The number of halogens is 3. The topological polar surface area (TPSA) is 26.0 Å². The minimum Gasteiger partial charge on any atom is -0.446 e. The van der Waals surface area contributed by atoms with Gasteiger partial charge in [0.15, 0.2) is 6.39 Å². The van der Waals surface area contributed by atoms with Gasteiger partial charge in [-0.2, -0.15) is 0 Å². The van der Waals surface area contributed by atoms with Crippen LogP contribution in [-0.2, 0) is 0 Å². The molecule has 0 unspecified atom stereocenters. The van der Waals surface area contributed by atoms with E-state index in [1.54, 1.807) is 0 Å². The van der Waals surface area contributed by atoms with Gasteiger partial charge in [0, 0.05) is 0 Å². The first-order chi connectivity index (χ1) is 6.09. The maximum atomic E-state index is 12.4. The number of hydrogen-bond acceptors (Lipinski definition) is 2. The Bertz CT molecular complexity index is 442. The first kappa shape index (κ1) is 12.3. The van der Waals surface area contributed by atoms with Crippen LogP contribution >= 0.6 is 0 Å². The molecule has 1 aromatic heterocycles. The van der Waals surface area contributed by atoms with Gasteiger partial charge in [0.25, 0.3) is 0 Å². The van der Waals surface area contributed by atoms with Gasteiger partial charge in [-0.05, 0) is 6.07 Å². The molecule has 7 heteroatoms. The Morgan fingerprint density at radius 3 is 2.57 bits per heavy atom. The van der Waals surface area contributed by atoms with E-state index in [-0.39, 0.29) is 62.5 Å². The van der Waals surface area contributed by atoms with Crippen molar-refractivity contribution in [2.24, 2.45) is 0 Å². The molecule has 2 nitrogen and oxygen atoms in total. The second-order valence-electron chi connectivity index (χ2n) is 2.62.